The molecule has 0 aromatic rings. The van der Waals surface area contributed by atoms with Crippen molar-refractivity contribution in [3.63, 3.8) is 0 Å². The Kier molecular flexibility index (Phi) is 47.3. The summed E-state index contributed by atoms with van der Waals surface area (Å²) in [5.41, 5.74) is -1.90. The fraction of sp³-hybridized carbons (Fsp3) is 0.897. The Balaban J connectivity index is -0.000000176. The van der Waals surface area contributed by atoms with Crippen molar-refractivity contribution in [1.29, 1.82) is 0 Å². The zero-order valence-electron chi connectivity index (χ0n) is 50.8. The van der Waals surface area contributed by atoms with Gasteiger partial charge in [-0.1, -0.05) is 102 Å². The molecule has 0 amide bonds. The molecule has 0 heterocycles. The van der Waals surface area contributed by atoms with Gasteiger partial charge in [-0.3, -0.25) is 28.8 Å². The maximum atomic E-state index is 11.5. The van der Waals surface area contributed by atoms with E-state index in [1.54, 1.807) is 0 Å². The number of carbonyl (C=O) groups is 6. The lowest BCUT2D eigenvalue weighted by molar-refractivity contribution is -0.158. The Bertz CT molecular complexity index is 1360. The van der Waals surface area contributed by atoms with Crippen molar-refractivity contribution < 1.29 is 57.2 Å². The molecule has 0 atom stereocenters. The molecule has 0 unspecified atom stereocenters. The third-order valence-electron chi connectivity index (χ3n) is 12.2. The van der Waals surface area contributed by atoms with Gasteiger partial charge in [0.1, 0.15) is 0 Å². The van der Waals surface area contributed by atoms with Gasteiger partial charge in [0.25, 0.3) is 0 Å². The molecule has 0 aliphatic heterocycles. The van der Waals surface area contributed by atoms with Gasteiger partial charge >= 0.3 is 35.8 Å². The lowest BCUT2D eigenvalue weighted by Crippen LogP contribution is -2.28. The van der Waals surface area contributed by atoms with Crippen LogP contribution in [0.25, 0.3) is 0 Å². The number of ether oxygens (including phenoxy) is 6. The van der Waals surface area contributed by atoms with Gasteiger partial charge in [0.15, 0.2) is 0 Å². The van der Waals surface area contributed by atoms with Crippen LogP contribution in [0.5, 0.6) is 0 Å². The molecule has 12 nitrogen and oxygen atoms in total. The summed E-state index contributed by atoms with van der Waals surface area (Å²) < 4.78 is 30.4. The summed E-state index contributed by atoms with van der Waals surface area (Å²) in [5.74, 6) is -0.0791. The molecular formula is C58H116O12. The fourth-order valence-corrected chi connectivity index (χ4v) is 3.79. The van der Waals surface area contributed by atoms with Gasteiger partial charge in [0.05, 0.1) is 71.6 Å². The van der Waals surface area contributed by atoms with Gasteiger partial charge in [-0.2, -0.15) is 0 Å². The number of unbranched alkanes of at least 4 members (excludes halogenated alkanes) is 4. The summed E-state index contributed by atoms with van der Waals surface area (Å²) in [5, 5.41) is 0. The first-order chi connectivity index (χ1) is 32.0. The highest BCUT2D eigenvalue weighted by molar-refractivity contribution is 5.77. The molecule has 0 rings (SSSR count). The van der Waals surface area contributed by atoms with E-state index in [9.17, 15) is 28.8 Å². The van der Waals surface area contributed by atoms with Crippen molar-refractivity contribution >= 4 is 35.8 Å². The molecule has 0 spiro atoms. The van der Waals surface area contributed by atoms with E-state index >= 15 is 0 Å². The van der Waals surface area contributed by atoms with Crippen LogP contribution in [0.15, 0.2) is 0 Å². The largest absolute Gasteiger partial charge is 0.466 e. The molecule has 12 heteroatoms. The first-order valence-corrected chi connectivity index (χ1v) is 27.0. The molecule has 420 valence electrons. The second-order valence-electron chi connectivity index (χ2n) is 22.4. The van der Waals surface area contributed by atoms with Crippen molar-refractivity contribution in [2.24, 2.45) is 38.4 Å². The van der Waals surface area contributed by atoms with Crippen LogP contribution < -0.4 is 0 Å². The normalized spacial score (nSPS) is 11.5. The van der Waals surface area contributed by atoms with Crippen LogP contribution in [0, 0.1) is 38.4 Å². The van der Waals surface area contributed by atoms with E-state index < -0.39 is 0 Å². The molecule has 0 N–H and O–H groups in total. The van der Waals surface area contributed by atoms with Crippen LogP contribution in [-0.4, -0.2) is 75.0 Å². The molecule has 0 radical (unpaired) electrons. The van der Waals surface area contributed by atoms with Crippen LogP contribution >= 0.6 is 0 Å². The third kappa shape index (κ3) is 42.5. The highest BCUT2D eigenvalue weighted by Gasteiger charge is 2.30. The monoisotopic (exact) mass is 1000 g/mol. The van der Waals surface area contributed by atoms with Crippen molar-refractivity contribution in [2.45, 2.75) is 270 Å². The van der Waals surface area contributed by atoms with Crippen LogP contribution in [0.4, 0.5) is 0 Å². The zero-order valence-corrected chi connectivity index (χ0v) is 50.8. The molecule has 0 aromatic carbocycles. The Morgan fingerprint density at radius 3 is 0.886 bits per heavy atom. The second-order valence-corrected chi connectivity index (χ2v) is 22.4. The van der Waals surface area contributed by atoms with Gasteiger partial charge < -0.3 is 28.4 Å². The zero-order chi connectivity index (χ0) is 56.6. The average molecular weight is 1010 g/mol. The topological polar surface area (TPSA) is 158 Å². The highest BCUT2D eigenvalue weighted by atomic mass is 16.6. The quantitative estimate of drug-likeness (QED) is 0.0459. The van der Waals surface area contributed by atoms with E-state index in [0.29, 0.717) is 39.0 Å². The lowest BCUT2D eigenvalue weighted by Gasteiger charge is -2.21. The minimum Gasteiger partial charge on any atom is -0.466 e. The minimum atomic E-state index is -0.329. The maximum absolute atomic E-state index is 11.5. The fourth-order valence-electron chi connectivity index (χ4n) is 3.79. The van der Waals surface area contributed by atoms with Crippen molar-refractivity contribution in [2.75, 3.05) is 33.0 Å². The van der Waals surface area contributed by atoms with Crippen molar-refractivity contribution in [3.05, 3.63) is 0 Å². The Morgan fingerprint density at radius 2 is 0.614 bits per heavy atom. The predicted molar refractivity (Wildman–Crippen MR) is 290 cm³/mol. The van der Waals surface area contributed by atoms with Crippen molar-refractivity contribution in [3.8, 4) is 0 Å². The third-order valence-corrected chi connectivity index (χ3v) is 12.2. The Hall–Kier alpha value is -3.18. The average Bonchev–Trinajstić information content (AvgIpc) is 3.30. The first-order valence-electron chi connectivity index (χ1n) is 27.0. The van der Waals surface area contributed by atoms with E-state index in [1.165, 1.54) is 12.8 Å². The first kappa shape index (κ1) is 78.3. The highest BCUT2D eigenvalue weighted by Crippen LogP contribution is 2.25. The summed E-state index contributed by atoms with van der Waals surface area (Å²) in [6.45, 7) is 53.5. The molecular weight excluding hydrogens is 889 g/mol. The van der Waals surface area contributed by atoms with Gasteiger partial charge in [0.2, 0.25) is 0 Å². The summed E-state index contributed by atoms with van der Waals surface area (Å²) in [7, 11) is 0. The number of hydrogen-bond acceptors (Lipinski definition) is 12. The van der Waals surface area contributed by atoms with Crippen molar-refractivity contribution in [1.82, 2.24) is 0 Å². The van der Waals surface area contributed by atoms with Crippen LogP contribution in [0.2, 0.25) is 0 Å². The number of carbonyl (C=O) groups excluding carboxylic acids is 6. The van der Waals surface area contributed by atoms with E-state index in [-0.39, 0.29) is 74.4 Å². The summed E-state index contributed by atoms with van der Waals surface area (Å²) in [4.78, 5) is 67.8. The SMILES string of the molecule is CCC(C)(C)C(=O)OC(C)C.CCC(C)(C)C(=O)OCC(C)C.CCCCCCOC(=O)C(C)(C)CC.CCCCOC(=O)C(C)(C)CC.CCCOC(=O)C(C)(C)CC.CCOC(=O)C(C)(C)CC. The molecule has 0 aromatic heterocycles. The molecule has 0 bridgehead atoms. The van der Waals surface area contributed by atoms with Crippen LogP contribution in [0.3, 0.4) is 0 Å². The molecule has 0 fully saturated rings. The lowest BCUT2D eigenvalue weighted by atomic mass is 9.91. The predicted octanol–water partition coefficient (Wildman–Crippen LogP) is 15.7. The maximum Gasteiger partial charge on any atom is 0.311 e. The summed E-state index contributed by atoms with van der Waals surface area (Å²) in [6, 6.07) is 0. The minimum absolute atomic E-state index is 0.00618. The molecule has 70 heavy (non-hydrogen) atoms. The van der Waals surface area contributed by atoms with E-state index in [1.807, 2.05) is 166 Å². The summed E-state index contributed by atoms with van der Waals surface area (Å²) in [6.07, 6.45) is 12.5. The number of rotatable bonds is 26. The standard InChI is InChI=1S/C12H24O2.2C10H20O2.2C9H18O2.C8H16O2/c1-5-7-8-9-10-14-11(13)12(3,4)6-2;1-6-10(4,5)9(11)12-7-8(2)3;1-5-7-8-12-9(11)10(3,4)6-2;1-6-9(4,5)8(10)11-7(2)3;1-5-7-11-8(10)9(3,4)6-2;1-5-8(3,4)7(9)10-6-2/h5-10H2,1-4H3;8H,6-7H2,1-5H3;5-8H2,1-4H3;7H,6H2,1-5H3;5-7H2,1-4H3;5-6H2,1-4H3. The van der Waals surface area contributed by atoms with Gasteiger partial charge in [-0.05, 0) is 168 Å². The number of esters is 6. The van der Waals surface area contributed by atoms with Gasteiger partial charge in [0, 0.05) is 0 Å². The van der Waals surface area contributed by atoms with E-state index in [2.05, 4.69) is 13.8 Å². The van der Waals surface area contributed by atoms with E-state index in [4.69, 9.17) is 28.4 Å². The van der Waals surface area contributed by atoms with Gasteiger partial charge in [-0.15, -0.1) is 0 Å². The van der Waals surface area contributed by atoms with Crippen LogP contribution in [0.1, 0.15) is 263 Å². The smallest absolute Gasteiger partial charge is 0.311 e. The molecule has 0 aliphatic carbocycles. The van der Waals surface area contributed by atoms with Crippen LogP contribution in [-0.2, 0) is 57.2 Å². The Labute approximate surface area is 432 Å². The van der Waals surface area contributed by atoms with Gasteiger partial charge in [-0.25, -0.2) is 0 Å². The molecule has 0 saturated carbocycles. The molecule has 0 saturated heterocycles. The van der Waals surface area contributed by atoms with E-state index in [0.717, 1.165) is 70.6 Å². The summed E-state index contributed by atoms with van der Waals surface area (Å²) >= 11 is 0. The second kappa shape index (κ2) is 42.3. The molecule has 0 aliphatic rings. The Morgan fingerprint density at radius 1 is 0.329 bits per heavy atom. The number of hydrogen-bond donors (Lipinski definition) is 0.